The molecule has 0 bridgehead atoms. The second-order valence-corrected chi connectivity index (χ2v) is 5.39. The van der Waals surface area contributed by atoms with Crippen LogP contribution in [0.1, 0.15) is 5.56 Å². The van der Waals surface area contributed by atoms with Crippen molar-refractivity contribution in [3.8, 4) is 11.3 Å². The molecule has 25 heavy (non-hydrogen) atoms. The van der Waals surface area contributed by atoms with Crippen LogP contribution in [0.15, 0.2) is 54.9 Å². The van der Waals surface area contributed by atoms with Gasteiger partial charge in [-0.05, 0) is 30.7 Å². The fraction of sp³-hybridized carbons (Fsp3) is 0.111. The lowest BCUT2D eigenvalue weighted by Gasteiger charge is -2.12. The van der Waals surface area contributed by atoms with Gasteiger partial charge in [0.05, 0.1) is 5.69 Å². The Hall–Kier alpha value is -3.48. The summed E-state index contributed by atoms with van der Waals surface area (Å²) in [7, 11) is 0. The van der Waals surface area contributed by atoms with Gasteiger partial charge in [-0.1, -0.05) is 18.2 Å². The molecule has 1 aromatic carbocycles. The molecule has 0 spiro atoms. The molecule has 0 fully saturated rings. The van der Waals surface area contributed by atoms with Crippen molar-refractivity contribution < 1.29 is 9.90 Å². The molecule has 3 aromatic rings. The van der Waals surface area contributed by atoms with Crippen molar-refractivity contribution in [1.29, 1.82) is 0 Å². The Morgan fingerprint density at radius 3 is 2.72 bits per heavy atom. The number of carboxylic acid groups (broad SMARTS) is 1. The van der Waals surface area contributed by atoms with Crippen molar-refractivity contribution in [2.75, 3.05) is 17.2 Å². The summed E-state index contributed by atoms with van der Waals surface area (Å²) in [6.45, 7) is 1.73. The number of aliphatic carboxylic acids is 1. The lowest BCUT2D eigenvalue weighted by molar-refractivity contribution is -0.134. The molecule has 0 aliphatic heterocycles. The van der Waals surface area contributed by atoms with Crippen LogP contribution in [0.5, 0.6) is 0 Å². The number of hydrogen-bond acceptors (Lipinski definition) is 6. The number of nitrogens with zero attached hydrogens (tertiary/aromatic N) is 3. The molecule has 7 nitrogen and oxygen atoms in total. The molecule has 0 amide bonds. The molecule has 126 valence electrons. The highest BCUT2D eigenvalue weighted by Crippen LogP contribution is 2.24. The Labute approximate surface area is 144 Å². The van der Waals surface area contributed by atoms with Crippen molar-refractivity contribution >= 4 is 23.4 Å². The molecular weight excluding hydrogens is 318 g/mol. The number of benzene rings is 1. The predicted octanol–water partition coefficient (Wildman–Crippen LogP) is 3.09. The van der Waals surface area contributed by atoms with E-state index >= 15 is 0 Å². The van der Waals surface area contributed by atoms with Gasteiger partial charge in [-0.3, -0.25) is 9.78 Å². The van der Waals surface area contributed by atoms with Crippen molar-refractivity contribution in [3.05, 3.63) is 60.4 Å². The quantitative estimate of drug-likeness (QED) is 0.636. The highest BCUT2D eigenvalue weighted by Gasteiger charge is 2.09. The largest absolute Gasteiger partial charge is 0.480 e. The average Bonchev–Trinajstić information content (AvgIpc) is 2.62. The summed E-state index contributed by atoms with van der Waals surface area (Å²) >= 11 is 0. The van der Waals surface area contributed by atoms with Gasteiger partial charge < -0.3 is 15.7 Å². The van der Waals surface area contributed by atoms with Gasteiger partial charge in [0.2, 0.25) is 5.95 Å². The average molecular weight is 335 g/mol. The standard InChI is InChI=1S/C18H17N5O2/c1-12-5-2-3-7-14(12)21-16-9-15(13-6-4-8-19-10-13)22-18(23-16)20-11-17(24)25/h2-10H,11H2,1H3,(H,24,25)(H2,20,21,22,23). The third kappa shape index (κ3) is 4.29. The van der Waals surface area contributed by atoms with Gasteiger partial charge in [0, 0.05) is 29.7 Å². The number of nitrogens with one attached hydrogen (secondary N) is 2. The molecule has 0 radical (unpaired) electrons. The first kappa shape index (κ1) is 16.4. The van der Waals surface area contributed by atoms with E-state index in [4.69, 9.17) is 5.11 Å². The fourth-order valence-electron chi connectivity index (χ4n) is 2.26. The SMILES string of the molecule is Cc1ccccc1Nc1cc(-c2cccnc2)nc(NCC(=O)O)n1. The third-order valence-electron chi connectivity index (χ3n) is 3.49. The van der Waals surface area contributed by atoms with Gasteiger partial charge in [0.1, 0.15) is 12.4 Å². The number of carbonyl (C=O) groups is 1. The second-order valence-electron chi connectivity index (χ2n) is 5.39. The molecular formula is C18H17N5O2. The Morgan fingerprint density at radius 1 is 1.16 bits per heavy atom. The maximum atomic E-state index is 10.8. The second kappa shape index (κ2) is 7.39. The van der Waals surface area contributed by atoms with Gasteiger partial charge in [0.15, 0.2) is 0 Å². The minimum atomic E-state index is -0.983. The first-order chi connectivity index (χ1) is 12.1. The summed E-state index contributed by atoms with van der Waals surface area (Å²) in [6.07, 6.45) is 3.38. The molecule has 0 aliphatic carbocycles. The van der Waals surface area contributed by atoms with E-state index in [1.807, 2.05) is 43.3 Å². The van der Waals surface area contributed by atoms with E-state index in [0.717, 1.165) is 16.8 Å². The Kier molecular flexibility index (Phi) is 4.84. The Bertz CT molecular complexity index is 884. The first-order valence-corrected chi connectivity index (χ1v) is 7.69. The molecule has 2 heterocycles. The van der Waals surface area contributed by atoms with E-state index in [1.165, 1.54) is 0 Å². The van der Waals surface area contributed by atoms with Gasteiger partial charge in [-0.2, -0.15) is 4.98 Å². The number of aromatic nitrogens is 3. The first-order valence-electron chi connectivity index (χ1n) is 7.69. The van der Waals surface area contributed by atoms with E-state index in [2.05, 4.69) is 25.6 Å². The fourth-order valence-corrected chi connectivity index (χ4v) is 2.26. The smallest absolute Gasteiger partial charge is 0.322 e. The monoisotopic (exact) mass is 335 g/mol. The lowest BCUT2D eigenvalue weighted by Crippen LogP contribution is -2.15. The van der Waals surface area contributed by atoms with Crippen LogP contribution >= 0.6 is 0 Å². The van der Waals surface area contributed by atoms with Crippen molar-refractivity contribution in [3.63, 3.8) is 0 Å². The highest BCUT2D eigenvalue weighted by atomic mass is 16.4. The Morgan fingerprint density at radius 2 is 2.00 bits per heavy atom. The minimum Gasteiger partial charge on any atom is -0.480 e. The molecule has 0 saturated heterocycles. The molecule has 0 aliphatic rings. The summed E-state index contributed by atoms with van der Waals surface area (Å²) < 4.78 is 0. The number of anilines is 3. The van der Waals surface area contributed by atoms with Crippen molar-refractivity contribution in [2.45, 2.75) is 6.92 Å². The normalized spacial score (nSPS) is 10.3. The van der Waals surface area contributed by atoms with Gasteiger partial charge in [0.25, 0.3) is 0 Å². The minimum absolute atomic E-state index is 0.236. The van der Waals surface area contributed by atoms with Crippen LogP contribution in [0.4, 0.5) is 17.5 Å². The van der Waals surface area contributed by atoms with Crippen LogP contribution in [0, 0.1) is 6.92 Å². The van der Waals surface area contributed by atoms with E-state index in [0.29, 0.717) is 11.5 Å². The van der Waals surface area contributed by atoms with E-state index < -0.39 is 5.97 Å². The van der Waals surface area contributed by atoms with Crippen LogP contribution in [0.25, 0.3) is 11.3 Å². The highest BCUT2D eigenvalue weighted by molar-refractivity contribution is 5.73. The van der Waals surface area contributed by atoms with Gasteiger partial charge in [-0.25, -0.2) is 4.98 Å². The number of pyridine rings is 1. The maximum absolute atomic E-state index is 10.8. The molecule has 3 N–H and O–H groups in total. The molecule has 7 heteroatoms. The van der Waals surface area contributed by atoms with Crippen LogP contribution < -0.4 is 10.6 Å². The zero-order valence-electron chi connectivity index (χ0n) is 13.6. The van der Waals surface area contributed by atoms with Crippen LogP contribution in [0.2, 0.25) is 0 Å². The lowest BCUT2D eigenvalue weighted by atomic mass is 10.2. The number of aryl methyl sites for hydroxylation is 1. The molecule has 2 aromatic heterocycles. The third-order valence-corrected chi connectivity index (χ3v) is 3.49. The van der Waals surface area contributed by atoms with Gasteiger partial charge >= 0.3 is 5.97 Å². The number of hydrogen-bond donors (Lipinski definition) is 3. The number of carboxylic acids is 1. The van der Waals surface area contributed by atoms with E-state index in [9.17, 15) is 4.79 Å². The van der Waals surface area contributed by atoms with E-state index in [1.54, 1.807) is 18.5 Å². The van der Waals surface area contributed by atoms with E-state index in [-0.39, 0.29) is 12.5 Å². The summed E-state index contributed by atoms with van der Waals surface area (Å²) in [4.78, 5) is 23.6. The Balaban J connectivity index is 1.97. The molecule has 0 atom stereocenters. The van der Waals surface area contributed by atoms with Crippen LogP contribution in [-0.2, 0) is 4.79 Å². The summed E-state index contributed by atoms with van der Waals surface area (Å²) in [6, 6.07) is 13.3. The number of rotatable bonds is 6. The van der Waals surface area contributed by atoms with Gasteiger partial charge in [-0.15, -0.1) is 0 Å². The molecule has 0 saturated carbocycles. The molecule has 0 unspecified atom stereocenters. The van der Waals surface area contributed by atoms with Crippen molar-refractivity contribution in [2.24, 2.45) is 0 Å². The van der Waals surface area contributed by atoms with Crippen LogP contribution in [-0.4, -0.2) is 32.6 Å². The summed E-state index contributed by atoms with van der Waals surface area (Å²) in [5.41, 5.74) is 3.45. The maximum Gasteiger partial charge on any atom is 0.322 e. The van der Waals surface area contributed by atoms with Crippen LogP contribution in [0.3, 0.4) is 0 Å². The summed E-state index contributed by atoms with van der Waals surface area (Å²) in [5, 5.41) is 14.8. The molecule has 3 rings (SSSR count). The topological polar surface area (TPSA) is 100 Å². The summed E-state index contributed by atoms with van der Waals surface area (Å²) in [5.74, 6) is -0.181. The predicted molar refractivity (Wildman–Crippen MR) is 95.9 cm³/mol. The zero-order chi connectivity index (χ0) is 17.6. The zero-order valence-corrected chi connectivity index (χ0v) is 13.6. The number of para-hydroxylation sites is 1. The van der Waals surface area contributed by atoms with Crippen molar-refractivity contribution in [1.82, 2.24) is 15.0 Å².